The molecule has 1 heterocycles. The lowest BCUT2D eigenvalue weighted by Crippen LogP contribution is -2.16. The minimum Gasteiger partial charge on any atom is -0.496 e. The van der Waals surface area contributed by atoms with Crippen molar-refractivity contribution in [3.05, 3.63) is 93.5 Å². The smallest absolute Gasteiger partial charge is 0.296 e. The summed E-state index contributed by atoms with van der Waals surface area (Å²) in [7, 11) is 1.43. The molecule has 0 aliphatic carbocycles. The number of hydrogen-bond donors (Lipinski definition) is 1. The van der Waals surface area contributed by atoms with Gasteiger partial charge in [-0.15, -0.1) is 0 Å². The summed E-state index contributed by atoms with van der Waals surface area (Å²) < 4.78 is 5.07. The fraction of sp³-hybridized carbons (Fsp3) is 0.120. The number of nitrogens with zero attached hydrogens (tertiary/aromatic N) is 2. The highest BCUT2D eigenvalue weighted by Gasteiger charge is 2.22. The van der Waals surface area contributed by atoms with Crippen LogP contribution in [0.2, 0.25) is 0 Å². The van der Waals surface area contributed by atoms with Crippen molar-refractivity contribution in [1.29, 1.82) is 0 Å². The fourth-order valence-electron chi connectivity index (χ4n) is 3.67. The molecule has 0 radical (unpaired) electrons. The summed E-state index contributed by atoms with van der Waals surface area (Å²) in [5, 5.41) is 14.9. The highest BCUT2D eigenvalue weighted by atomic mass is 16.6. The van der Waals surface area contributed by atoms with Crippen molar-refractivity contribution in [2.75, 3.05) is 12.4 Å². The molecule has 3 aromatic carbocycles. The number of anilines is 1. The maximum Gasteiger partial charge on any atom is 0.296 e. The summed E-state index contributed by atoms with van der Waals surface area (Å²) >= 11 is 0. The maximum atomic E-state index is 13.4. The largest absolute Gasteiger partial charge is 0.496 e. The van der Waals surface area contributed by atoms with Crippen LogP contribution in [0, 0.1) is 24.0 Å². The van der Waals surface area contributed by atoms with E-state index in [9.17, 15) is 14.9 Å². The molecule has 0 spiro atoms. The highest BCUT2D eigenvalue weighted by Crippen LogP contribution is 2.33. The van der Waals surface area contributed by atoms with E-state index < -0.39 is 10.8 Å². The van der Waals surface area contributed by atoms with E-state index in [0.29, 0.717) is 33.5 Å². The van der Waals surface area contributed by atoms with Crippen LogP contribution in [0.5, 0.6) is 5.75 Å². The van der Waals surface area contributed by atoms with Crippen molar-refractivity contribution >= 4 is 28.2 Å². The van der Waals surface area contributed by atoms with Gasteiger partial charge in [-0.2, -0.15) is 0 Å². The predicted molar refractivity (Wildman–Crippen MR) is 124 cm³/mol. The number of aromatic nitrogens is 1. The Morgan fingerprint density at radius 2 is 1.75 bits per heavy atom. The number of methoxy groups -OCH3 is 1. The average Bonchev–Trinajstić information content (AvgIpc) is 2.79. The Kier molecular flexibility index (Phi) is 5.55. The molecule has 0 atom stereocenters. The van der Waals surface area contributed by atoms with E-state index >= 15 is 0 Å². The number of benzene rings is 3. The minimum absolute atomic E-state index is 0.0954. The van der Waals surface area contributed by atoms with Crippen LogP contribution in [0.15, 0.2) is 66.7 Å². The third-order valence-corrected chi connectivity index (χ3v) is 5.34. The first-order valence-corrected chi connectivity index (χ1v) is 9.99. The molecule has 7 heteroatoms. The second-order valence-electron chi connectivity index (χ2n) is 7.44. The molecule has 1 amide bonds. The minimum atomic E-state index is -0.548. The number of amides is 1. The van der Waals surface area contributed by atoms with Gasteiger partial charge in [0.2, 0.25) is 0 Å². The number of carbonyl (C=O) groups excluding carboxylic acids is 1. The molecule has 0 saturated heterocycles. The quantitative estimate of drug-likeness (QED) is 0.326. The molecule has 32 heavy (non-hydrogen) atoms. The lowest BCUT2D eigenvalue weighted by Gasteiger charge is -2.15. The van der Waals surface area contributed by atoms with Crippen LogP contribution in [0.25, 0.3) is 22.2 Å². The van der Waals surface area contributed by atoms with Gasteiger partial charge in [0, 0.05) is 10.9 Å². The zero-order valence-corrected chi connectivity index (χ0v) is 17.9. The van der Waals surface area contributed by atoms with Crippen LogP contribution < -0.4 is 10.1 Å². The summed E-state index contributed by atoms with van der Waals surface area (Å²) in [6.45, 7) is 3.84. The molecule has 4 rings (SSSR count). The monoisotopic (exact) mass is 427 g/mol. The summed E-state index contributed by atoms with van der Waals surface area (Å²) in [5.41, 5.74) is 4.35. The molecular weight excluding hydrogens is 406 g/mol. The van der Waals surface area contributed by atoms with E-state index in [-0.39, 0.29) is 11.4 Å². The molecule has 0 unspecified atom stereocenters. The molecule has 160 valence electrons. The number of para-hydroxylation sites is 1. The number of nitro groups is 1. The van der Waals surface area contributed by atoms with Gasteiger partial charge in [0.1, 0.15) is 11.4 Å². The third kappa shape index (κ3) is 3.88. The number of nitrogens with one attached hydrogen (secondary N) is 1. The SMILES string of the molecule is COc1ccc(NC(=O)c2c(C)c(-c3ccc(C)cc3)nc3ccccc23)c([N+](=O)[O-])c1. The summed E-state index contributed by atoms with van der Waals surface area (Å²) in [4.78, 5) is 29.2. The molecule has 0 saturated carbocycles. The van der Waals surface area contributed by atoms with E-state index in [1.165, 1.54) is 19.2 Å². The number of rotatable bonds is 5. The first kappa shape index (κ1) is 21.0. The fourth-order valence-corrected chi connectivity index (χ4v) is 3.67. The molecule has 0 aliphatic rings. The van der Waals surface area contributed by atoms with Crippen LogP contribution in [-0.2, 0) is 0 Å². The van der Waals surface area contributed by atoms with Crippen LogP contribution in [0.3, 0.4) is 0 Å². The number of pyridine rings is 1. The van der Waals surface area contributed by atoms with E-state index in [1.807, 2.05) is 62.4 Å². The zero-order valence-electron chi connectivity index (χ0n) is 17.9. The predicted octanol–water partition coefficient (Wildman–Crippen LogP) is 5.69. The van der Waals surface area contributed by atoms with Gasteiger partial charge in [0.05, 0.1) is 34.9 Å². The Hall–Kier alpha value is -4.26. The number of nitro benzene ring substituents is 1. The van der Waals surface area contributed by atoms with Crippen molar-refractivity contribution in [2.45, 2.75) is 13.8 Å². The van der Waals surface area contributed by atoms with Crippen molar-refractivity contribution in [2.24, 2.45) is 0 Å². The maximum absolute atomic E-state index is 13.4. The van der Waals surface area contributed by atoms with Crippen LogP contribution >= 0.6 is 0 Å². The first-order valence-electron chi connectivity index (χ1n) is 9.99. The topological polar surface area (TPSA) is 94.4 Å². The van der Waals surface area contributed by atoms with Gasteiger partial charge in [-0.3, -0.25) is 14.9 Å². The van der Waals surface area contributed by atoms with E-state index in [0.717, 1.165) is 11.1 Å². The van der Waals surface area contributed by atoms with Crippen LogP contribution in [0.4, 0.5) is 11.4 Å². The van der Waals surface area contributed by atoms with E-state index in [1.54, 1.807) is 6.07 Å². The van der Waals surface area contributed by atoms with Gasteiger partial charge in [-0.1, -0.05) is 48.0 Å². The number of hydrogen-bond acceptors (Lipinski definition) is 5. The van der Waals surface area contributed by atoms with Crippen molar-refractivity contribution in [3.63, 3.8) is 0 Å². The Balaban J connectivity index is 1.85. The number of carbonyl (C=O) groups is 1. The lowest BCUT2D eigenvalue weighted by molar-refractivity contribution is -0.384. The van der Waals surface area contributed by atoms with Gasteiger partial charge >= 0.3 is 0 Å². The summed E-state index contributed by atoms with van der Waals surface area (Å²) in [5.74, 6) is -0.107. The number of ether oxygens (including phenoxy) is 1. The van der Waals surface area contributed by atoms with Gasteiger partial charge < -0.3 is 10.1 Å². The summed E-state index contributed by atoms with van der Waals surface area (Å²) in [6, 6.07) is 19.6. The van der Waals surface area contributed by atoms with Crippen LogP contribution in [-0.4, -0.2) is 22.9 Å². The molecule has 4 aromatic rings. The van der Waals surface area contributed by atoms with Crippen molar-refractivity contribution < 1.29 is 14.5 Å². The van der Waals surface area contributed by atoms with Crippen molar-refractivity contribution in [1.82, 2.24) is 4.98 Å². The van der Waals surface area contributed by atoms with Crippen LogP contribution in [0.1, 0.15) is 21.5 Å². The second kappa shape index (κ2) is 8.47. The average molecular weight is 427 g/mol. The molecular formula is C25H21N3O4. The molecule has 0 aliphatic heterocycles. The molecule has 1 N–H and O–H groups in total. The summed E-state index contributed by atoms with van der Waals surface area (Å²) in [6.07, 6.45) is 0. The molecule has 7 nitrogen and oxygen atoms in total. The first-order chi connectivity index (χ1) is 15.4. The molecule has 1 aromatic heterocycles. The Morgan fingerprint density at radius 1 is 1.03 bits per heavy atom. The van der Waals surface area contributed by atoms with Gasteiger partial charge in [-0.25, -0.2) is 4.98 Å². The third-order valence-electron chi connectivity index (χ3n) is 5.34. The number of fused-ring (bicyclic) bond motifs is 1. The van der Waals surface area contributed by atoms with Gasteiger partial charge in [-0.05, 0) is 37.6 Å². The molecule has 0 bridgehead atoms. The standard InChI is InChI=1S/C25H21N3O4/c1-15-8-10-17(11-9-15)24-16(2)23(19-6-4-5-7-20(19)26-24)25(29)27-21-13-12-18(32-3)14-22(21)28(30)31/h4-14H,1-3H3,(H,27,29). The normalized spacial score (nSPS) is 10.7. The number of aryl methyl sites for hydroxylation is 1. The highest BCUT2D eigenvalue weighted by molar-refractivity contribution is 6.15. The lowest BCUT2D eigenvalue weighted by atomic mass is 9.96. The van der Waals surface area contributed by atoms with Gasteiger partial charge in [0.15, 0.2) is 0 Å². The molecule has 0 fully saturated rings. The van der Waals surface area contributed by atoms with Crippen molar-refractivity contribution in [3.8, 4) is 17.0 Å². The Bertz CT molecular complexity index is 1350. The Labute approximate surface area is 184 Å². The second-order valence-corrected chi connectivity index (χ2v) is 7.44. The van der Waals surface area contributed by atoms with E-state index in [4.69, 9.17) is 9.72 Å². The zero-order chi connectivity index (χ0) is 22.8. The van der Waals surface area contributed by atoms with E-state index in [2.05, 4.69) is 5.32 Å². The Morgan fingerprint density at radius 3 is 2.44 bits per heavy atom. The van der Waals surface area contributed by atoms with Gasteiger partial charge in [0.25, 0.3) is 11.6 Å².